The molecule has 2 aromatic rings. The predicted molar refractivity (Wildman–Crippen MR) is 91.8 cm³/mol. The number of aromatic nitrogens is 4. The van der Waals surface area contributed by atoms with Gasteiger partial charge in [0.25, 0.3) is 0 Å². The van der Waals surface area contributed by atoms with Gasteiger partial charge in [0.2, 0.25) is 11.6 Å². The topological polar surface area (TPSA) is 51.6 Å². The average molecular weight is 565 g/mol. The van der Waals surface area contributed by atoms with Gasteiger partial charge < -0.3 is 0 Å². The normalized spacial score (nSPS) is 13.7. The molecule has 2 aromatic heterocycles. The number of nitrogens with zero attached hydrogens (tertiary/aromatic N) is 4. The Bertz CT molecular complexity index is 879. The van der Waals surface area contributed by atoms with Crippen molar-refractivity contribution in [1.29, 1.82) is 0 Å². The van der Waals surface area contributed by atoms with Crippen LogP contribution in [0, 0.1) is 0 Å². The van der Waals surface area contributed by atoms with Gasteiger partial charge in [0.1, 0.15) is 10.0 Å². The van der Waals surface area contributed by atoms with Gasteiger partial charge in [-0.25, -0.2) is 19.9 Å². The number of alkyl halides is 8. The molecule has 166 valence electrons. The Hall–Kier alpha value is -0.660. The van der Waals surface area contributed by atoms with E-state index in [0.717, 1.165) is 0 Å². The van der Waals surface area contributed by atoms with Gasteiger partial charge in [0.15, 0.2) is 20.6 Å². The number of hydrogen-bond acceptors (Lipinski definition) is 4. The molecule has 0 aliphatic rings. The molecular weight excluding hydrogens is 565 g/mol. The SMILES string of the molecule is FC(F)(c1nc(Cl)c(Cl)c(Cl)n1)C(F)(F)C(F)(F)C(F)(F)c1nc(Cl)c(Cl)c(Cl)n1. The van der Waals surface area contributed by atoms with Crippen LogP contribution in [0.1, 0.15) is 11.6 Å². The zero-order chi connectivity index (χ0) is 23.4. The van der Waals surface area contributed by atoms with Gasteiger partial charge in [0, 0.05) is 0 Å². The fourth-order valence-electron chi connectivity index (χ4n) is 1.74. The second-order valence-corrected chi connectivity index (χ2v) is 7.37. The summed E-state index contributed by atoms with van der Waals surface area (Å²) in [7, 11) is 0. The molecule has 2 rings (SSSR count). The van der Waals surface area contributed by atoms with Gasteiger partial charge in [-0.15, -0.1) is 0 Å². The fourth-order valence-corrected chi connectivity index (χ4v) is 2.69. The summed E-state index contributed by atoms with van der Waals surface area (Å²) in [6, 6.07) is 0. The first kappa shape index (κ1) is 25.6. The highest BCUT2D eigenvalue weighted by atomic mass is 35.5. The van der Waals surface area contributed by atoms with Crippen LogP contribution in [0.25, 0.3) is 0 Å². The molecule has 0 amide bonds. The fraction of sp³-hybridized carbons (Fsp3) is 0.333. The van der Waals surface area contributed by atoms with Crippen LogP contribution in [0.5, 0.6) is 0 Å². The van der Waals surface area contributed by atoms with E-state index in [1.807, 2.05) is 0 Å². The van der Waals surface area contributed by atoms with Gasteiger partial charge >= 0.3 is 23.7 Å². The zero-order valence-corrected chi connectivity index (χ0v) is 17.6. The maximum absolute atomic E-state index is 14.2. The van der Waals surface area contributed by atoms with E-state index in [4.69, 9.17) is 69.6 Å². The van der Waals surface area contributed by atoms with Gasteiger partial charge in [-0.1, -0.05) is 69.6 Å². The van der Waals surface area contributed by atoms with Crippen molar-refractivity contribution in [3.63, 3.8) is 0 Å². The van der Waals surface area contributed by atoms with E-state index in [0.29, 0.717) is 0 Å². The lowest BCUT2D eigenvalue weighted by Crippen LogP contribution is -2.60. The molecule has 0 spiro atoms. The summed E-state index contributed by atoms with van der Waals surface area (Å²) >= 11 is 31.8. The van der Waals surface area contributed by atoms with Gasteiger partial charge in [-0.2, -0.15) is 35.1 Å². The molecular formula is C12Cl6F8N4. The van der Waals surface area contributed by atoms with E-state index < -0.39 is 66.0 Å². The van der Waals surface area contributed by atoms with Gasteiger partial charge in [0.05, 0.1) is 0 Å². The molecule has 0 radical (unpaired) electrons. The summed E-state index contributed by atoms with van der Waals surface area (Å²) in [4.78, 5) is 10.5. The molecule has 18 heteroatoms. The third-order valence-electron chi connectivity index (χ3n) is 3.29. The van der Waals surface area contributed by atoms with Crippen LogP contribution in [0.2, 0.25) is 30.7 Å². The Labute approximate surface area is 190 Å². The van der Waals surface area contributed by atoms with Crippen molar-refractivity contribution in [3.8, 4) is 0 Å². The van der Waals surface area contributed by atoms with E-state index in [-0.39, 0.29) is 0 Å². The summed E-state index contributed by atoms with van der Waals surface area (Å²) in [6.45, 7) is 0. The molecule has 0 aromatic carbocycles. The van der Waals surface area contributed by atoms with Crippen LogP contribution < -0.4 is 0 Å². The average Bonchev–Trinajstić information content (AvgIpc) is 2.62. The summed E-state index contributed by atoms with van der Waals surface area (Å²) in [6.07, 6.45) is 0. The van der Waals surface area contributed by atoms with E-state index in [1.54, 1.807) is 0 Å². The molecule has 0 unspecified atom stereocenters. The van der Waals surface area contributed by atoms with Crippen LogP contribution in [-0.4, -0.2) is 31.8 Å². The Morgan fingerprint density at radius 2 is 0.633 bits per heavy atom. The van der Waals surface area contributed by atoms with Crippen LogP contribution in [0.3, 0.4) is 0 Å². The van der Waals surface area contributed by atoms with E-state index in [2.05, 4.69) is 19.9 Å². The van der Waals surface area contributed by atoms with Gasteiger partial charge in [-0.05, 0) is 0 Å². The van der Waals surface area contributed by atoms with Crippen molar-refractivity contribution in [3.05, 3.63) is 42.3 Å². The minimum Gasteiger partial charge on any atom is -0.213 e. The van der Waals surface area contributed by atoms with E-state index in [1.165, 1.54) is 0 Å². The minimum absolute atomic E-state index is 0.780. The van der Waals surface area contributed by atoms with E-state index in [9.17, 15) is 35.1 Å². The number of rotatable bonds is 5. The van der Waals surface area contributed by atoms with Crippen molar-refractivity contribution in [2.24, 2.45) is 0 Å². The molecule has 0 aliphatic heterocycles. The summed E-state index contributed by atoms with van der Waals surface area (Å²) < 4.78 is 114. The van der Waals surface area contributed by atoms with Crippen LogP contribution in [0.15, 0.2) is 0 Å². The lowest BCUT2D eigenvalue weighted by molar-refractivity contribution is -0.377. The molecule has 0 saturated heterocycles. The van der Waals surface area contributed by atoms with Crippen molar-refractivity contribution in [2.75, 3.05) is 0 Å². The lowest BCUT2D eigenvalue weighted by Gasteiger charge is -2.35. The van der Waals surface area contributed by atoms with Crippen molar-refractivity contribution in [2.45, 2.75) is 23.7 Å². The molecule has 0 saturated carbocycles. The second-order valence-electron chi connectivity index (χ2n) is 5.18. The first-order valence-corrected chi connectivity index (χ1v) is 8.95. The second kappa shape index (κ2) is 8.04. The highest BCUT2D eigenvalue weighted by Crippen LogP contribution is 2.58. The smallest absolute Gasteiger partial charge is 0.213 e. The van der Waals surface area contributed by atoms with Crippen molar-refractivity contribution >= 4 is 69.6 Å². The molecule has 4 nitrogen and oxygen atoms in total. The molecule has 0 atom stereocenters. The first-order valence-electron chi connectivity index (χ1n) is 6.68. The largest absolute Gasteiger partial charge is 0.386 e. The summed E-state index contributed by atoms with van der Waals surface area (Å²) in [5.41, 5.74) is 0. The molecule has 0 fully saturated rings. The van der Waals surface area contributed by atoms with Crippen LogP contribution >= 0.6 is 69.6 Å². The Morgan fingerprint density at radius 1 is 0.433 bits per heavy atom. The first-order chi connectivity index (χ1) is 13.4. The Balaban J connectivity index is 2.66. The Kier molecular flexibility index (Phi) is 6.86. The minimum atomic E-state index is -6.86. The van der Waals surface area contributed by atoms with Crippen molar-refractivity contribution < 1.29 is 35.1 Å². The molecule has 2 heterocycles. The van der Waals surface area contributed by atoms with E-state index >= 15 is 0 Å². The van der Waals surface area contributed by atoms with Crippen molar-refractivity contribution in [1.82, 2.24) is 19.9 Å². The molecule has 0 N–H and O–H groups in total. The van der Waals surface area contributed by atoms with Gasteiger partial charge in [-0.3, -0.25) is 0 Å². The highest BCUT2D eigenvalue weighted by Gasteiger charge is 2.83. The lowest BCUT2D eigenvalue weighted by atomic mass is 9.97. The summed E-state index contributed by atoms with van der Waals surface area (Å²) in [5.74, 6) is -30.8. The predicted octanol–water partition coefficient (Wildman–Crippen LogP) is 7.34. The molecule has 0 aliphatic carbocycles. The van der Waals surface area contributed by atoms with Crippen LogP contribution in [-0.2, 0) is 11.8 Å². The maximum atomic E-state index is 14.2. The number of halogens is 14. The van der Waals surface area contributed by atoms with Crippen LogP contribution in [0.4, 0.5) is 35.1 Å². The number of hydrogen-bond donors (Lipinski definition) is 0. The quantitative estimate of drug-likeness (QED) is 0.282. The molecule has 0 bridgehead atoms. The Morgan fingerprint density at radius 3 is 0.833 bits per heavy atom. The standard InChI is InChI=1S/C12Cl6F8N4/c13-1-3(15)27-7(28-4(1)16)9(19,20)11(23,24)12(25,26)10(21,22)8-29-5(17)2(14)6(18)30-8. The summed E-state index contributed by atoms with van der Waals surface area (Å²) in [5, 5.41) is -6.07. The maximum Gasteiger partial charge on any atom is 0.386 e. The highest BCUT2D eigenvalue weighted by molar-refractivity contribution is 6.47. The molecule has 30 heavy (non-hydrogen) atoms. The third-order valence-corrected chi connectivity index (χ3v) is 5.48. The zero-order valence-electron chi connectivity index (χ0n) is 13.1. The third kappa shape index (κ3) is 3.83. The monoisotopic (exact) mass is 562 g/mol.